The first-order valence-electron chi connectivity index (χ1n) is 6.85. The van der Waals surface area contributed by atoms with Crippen LogP contribution in [0.4, 0.5) is 10.5 Å². The maximum absolute atomic E-state index is 11.6. The van der Waals surface area contributed by atoms with Gasteiger partial charge >= 0.3 is 6.03 Å². The van der Waals surface area contributed by atoms with Crippen LogP contribution in [0.2, 0.25) is 0 Å². The number of benzene rings is 1. The number of nitrogens with one attached hydrogen (secondary N) is 2. The third kappa shape index (κ3) is 2.54. The fraction of sp³-hybridized carbons (Fsp3) is 0.357. The molecule has 0 aliphatic carbocycles. The Bertz CT molecular complexity index is 621. The molecule has 0 unspecified atom stereocenters. The van der Waals surface area contributed by atoms with Crippen molar-refractivity contribution in [2.24, 2.45) is 5.73 Å². The van der Waals surface area contributed by atoms with E-state index in [4.69, 9.17) is 5.73 Å². The van der Waals surface area contributed by atoms with Crippen LogP contribution in [0.1, 0.15) is 33.6 Å². The second kappa shape index (κ2) is 5.08. The number of carbonyl (C=O) groups is 3. The molecule has 1 aromatic carbocycles. The molecule has 1 saturated heterocycles. The Morgan fingerprint density at radius 2 is 1.86 bits per heavy atom. The summed E-state index contributed by atoms with van der Waals surface area (Å²) in [6, 6.07) is 4.96. The summed E-state index contributed by atoms with van der Waals surface area (Å²) in [6.07, 6.45) is 1.59. The summed E-state index contributed by atoms with van der Waals surface area (Å²) in [7, 11) is 0. The zero-order valence-corrected chi connectivity index (χ0v) is 11.4. The maximum atomic E-state index is 11.6. The van der Waals surface area contributed by atoms with Gasteiger partial charge in [-0.3, -0.25) is 14.9 Å². The normalized spacial score (nSPS) is 18.4. The van der Waals surface area contributed by atoms with Crippen molar-refractivity contribution in [2.45, 2.75) is 18.9 Å². The van der Waals surface area contributed by atoms with Crippen LogP contribution in [-0.2, 0) is 0 Å². The van der Waals surface area contributed by atoms with Gasteiger partial charge in [0.2, 0.25) is 0 Å². The molecule has 0 atom stereocenters. The molecule has 0 bridgehead atoms. The molecular formula is C14H16N4O3. The predicted molar refractivity (Wildman–Crippen MR) is 76.0 cm³/mol. The summed E-state index contributed by atoms with van der Waals surface area (Å²) < 4.78 is 0. The quantitative estimate of drug-likeness (QED) is 0.690. The van der Waals surface area contributed by atoms with E-state index in [1.54, 1.807) is 23.1 Å². The van der Waals surface area contributed by atoms with Crippen LogP contribution in [-0.4, -0.2) is 41.9 Å². The molecule has 4 N–H and O–H groups in total. The van der Waals surface area contributed by atoms with Crippen molar-refractivity contribution in [3.63, 3.8) is 0 Å². The third-order valence-electron chi connectivity index (χ3n) is 3.91. The molecule has 2 aliphatic heterocycles. The van der Waals surface area contributed by atoms with Crippen LogP contribution in [0.3, 0.4) is 0 Å². The highest BCUT2D eigenvalue weighted by Crippen LogP contribution is 2.22. The summed E-state index contributed by atoms with van der Waals surface area (Å²) in [5, 5.41) is 5.60. The molecular weight excluding hydrogens is 272 g/mol. The fourth-order valence-corrected chi connectivity index (χ4v) is 2.74. The van der Waals surface area contributed by atoms with E-state index in [2.05, 4.69) is 10.6 Å². The lowest BCUT2D eigenvalue weighted by molar-refractivity contribution is 0.0879. The third-order valence-corrected chi connectivity index (χ3v) is 3.91. The van der Waals surface area contributed by atoms with E-state index in [-0.39, 0.29) is 23.9 Å². The van der Waals surface area contributed by atoms with Gasteiger partial charge in [0, 0.05) is 24.8 Å². The Morgan fingerprint density at radius 3 is 2.52 bits per heavy atom. The van der Waals surface area contributed by atoms with Gasteiger partial charge in [0.25, 0.3) is 11.8 Å². The Labute approximate surface area is 121 Å². The average molecular weight is 288 g/mol. The Hall–Kier alpha value is -2.57. The molecule has 4 amide bonds. The van der Waals surface area contributed by atoms with E-state index in [0.717, 1.165) is 18.5 Å². The molecule has 1 fully saturated rings. The van der Waals surface area contributed by atoms with Gasteiger partial charge < -0.3 is 16.0 Å². The molecule has 0 radical (unpaired) electrons. The summed E-state index contributed by atoms with van der Waals surface area (Å²) in [5.41, 5.74) is 6.86. The largest absolute Gasteiger partial charge is 0.382 e. The minimum Gasteiger partial charge on any atom is -0.382 e. The number of nitrogens with zero attached hydrogens (tertiary/aromatic N) is 1. The number of nitrogens with two attached hydrogens (primary N) is 1. The molecule has 7 nitrogen and oxygen atoms in total. The van der Waals surface area contributed by atoms with Crippen molar-refractivity contribution in [3.05, 3.63) is 29.3 Å². The Kier molecular flexibility index (Phi) is 3.25. The molecule has 7 heteroatoms. The first-order chi connectivity index (χ1) is 10.0. The Balaban J connectivity index is 1.67. The van der Waals surface area contributed by atoms with E-state index in [1.165, 1.54) is 0 Å². The van der Waals surface area contributed by atoms with Crippen molar-refractivity contribution in [3.8, 4) is 0 Å². The van der Waals surface area contributed by atoms with E-state index in [0.29, 0.717) is 24.2 Å². The SMILES string of the molecule is NC(=O)N1CCC(Nc2ccc3c(c2)C(=O)NC3=O)CC1. The standard InChI is InChI=1S/C14H16N4O3/c15-14(21)18-5-3-8(4-6-18)16-9-1-2-10-11(7-9)13(20)17-12(10)19/h1-2,7-8,16H,3-6H2,(H2,15,21)(H,17,19,20). The van der Waals surface area contributed by atoms with Gasteiger partial charge in [-0.25, -0.2) is 4.79 Å². The summed E-state index contributed by atoms with van der Waals surface area (Å²) in [6.45, 7) is 1.24. The topological polar surface area (TPSA) is 105 Å². The second-order valence-corrected chi connectivity index (χ2v) is 5.29. The summed E-state index contributed by atoms with van der Waals surface area (Å²) in [5.74, 6) is -0.710. The lowest BCUT2D eigenvalue weighted by atomic mass is 10.0. The van der Waals surface area contributed by atoms with Gasteiger partial charge in [0.15, 0.2) is 0 Å². The zero-order chi connectivity index (χ0) is 15.0. The molecule has 0 saturated carbocycles. The highest BCUT2D eigenvalue weighted by atomic mass is 16.2. The van der Waals surface area contributed by atoms with Crippen LogP contribution in [0, 0.1) is 0 Å². The molecule has 2 heterocycles. The number of urea groups is 1. The number of amides is 4. The number of primary amides is 1. The molecule has 0 aromatic heterocycles. The van der Waals surface area contributed by atoms with Gasteiger partial charge in [-0.05, 0) is 31.0 Å². The number of carbonyl (C=O) groups excluding carboxylic acids is 3. The number of hydrogen-bond acceptors (Lipinski definition) is 4. The molecule has 110 valence electrons. The van der Waals surface area contributed by atoms with Gasteiger partial charge in [-0.15, -0.1) is 0 Å². The lowest BCUT2D eigenvalue weighted by Crippen LogP contribution is -2.44. The molecule has 0 spiro atoms. The lowest BCUT2D eigenvalue weighted by Gasteiger charge is -2.31. The minimum absolute atomic E-state index is 0.221. The van der Waals surface area contributed by atoms with E-state index in [1.807, 2.05) is 0 Å². The van der Waals surface area contributed by atoms with Crippen LogP contribution >= 0.6 is 0 Å². The monoisotopic (exact) mass is 288 g/mol. The highest BCUT2D eigenvalue weighted by Gasteiger charge is 2.27. The molecule has 1 aromatic rings. The van der Waals surface area contributed by atoms with Crippen LogP contribution < -0.4 is 16.4 Å². The average Bonchev–Trinajstić information content (AvgIpc) is 2.74. The zero-order valence-electron chi connectivity index (χ0n) is 11.4. The predicted octanol–water partition coefficient (Wildman–Crippen LogP) is 0.525. The molecule has 2 aliphatic rings. The maximum Gasteiger partial charge on any atom is 0.314 e. The van der Waals surface area contributed by atoms with Gasteiger partial charge in [-0.2, -0.15) is 0 Å². The number of hydrogen-bond donors (Lipinski definition) is 3. The first-order valence-corrected chi connectivity index (χ1v) is 6.85. The highest BCUT2D eigenvalue weighted by molar-refractivity contribution is 6.21. The Morgan fingerprint density at radius 1 is 1.19 bits per heavy atom. The number of fused-ring (bicyclic) bond motifs is 1. The van der Waals surface area contributed by atoms with Crippen molar-refractivity contribution >= 4 is 23.5 Å². The number of anilines is 1. The van der Waals surface area contributed by atoms with Crippen molar-refractivity contribution in [1.82, 2.24) is 10.2 Å². The van der Waals surface area contributed by atoms with E-state index < -0.39 is 0 Å². The number of likely N-dealkylation sites (tertiary alicyclic amines) is 1. The fourth-order valence-electron chi connectivity index (χ4n) is 2.74. The van der Waals surface area contributed by atoms with Gasteiger partial charge in [0.05, 0.1) is 11.1 Å². The number of rotatable bonds is 2. The summed E-state index contributed by atoms with van der Waals surface area (Å²) >= 11 is 0. The second-order valence-electron chi connectivity index (χ2n) is 5.29. The minimum atomic E-state index is -0.388. The smallest absolute Gasteiger partial charge is 0.314 e. The number of piperidine rings is 1. The summed E-state index contributed by atoms with van der Waals surface area (Å²) in [4.78, 5) is 35.8. The van der Waals surface area contributed by atoms with E-state index in [9.17, 15) is 14.4 Å². The van der Waals surface area contributed by atoms with Crippen molar-refractivity contribution < 1.29 is 14.4 Å². The first kappa shape index (κ1) is 13.4. The van der Waals surface area contributed by atoms with Crippen molar-refractivity contribution in [2.75, 3.05) is 18.4 Å². The molecule has 21 heavy (non-hydrogen) atoms. The van der Waals surface area contributed by atoms with Gasteiger partial charge in [-0.1, -0.05) is 0 Å². The van der Waals surface area contributed by atoms with Crippen LogP contribution in [0.15, 0.2) is 18.2 Å². The van der Waals surface area contributed by atoms with E-state index >= 15 is 0 Å². The van der Waals surface area contributed by atoms with Crippen LogP contribution in [0.25, 0.3) is 0 Å². The molecule has 3 rings (SSSR count). The van der Waals surface area contributed by atoms with Crippen molar-refractivity contribution in [1.29, 1.82) is 0 Å². The van der Waals surface area contributed by atoms with Crippen LogP contribution in [0.5, 0.6) is 0 Å². The number of imide groups is 1. The van der Waals surface area contributed by atoms with Gasteiger partial charge in [0.1, 0.15) is 0 Å².